The highest BCUT2D eigenvalue weighted by atomic mass is 19.1. The topological polar surface area (TPSA) is 72.1 Å². The number of nitrogens with two attached hydrogens (primary N) is 1. The van der Waals surface area contributed by atoms with E-state index >= 15 is 0 Å². The first-order valence-corrected chi connectivity index (χ1v) is 8.61. The van der Waals surface area contributed by atoms with Crippen LogP contribution in [0.5, 0.6) is 0 Å². The van der Waals surface area contributed by atoms with Crippen LogP contribution < -0.4 is 5.73 Å². The summed E-state index contributed by atoms with van der Waals surface area (Å²) >= 11 is 0. The minimum atomic E-state index is -0.736. The fourth-order valence-electron chi connectivity index (χ4n) is 3.54. The lowest BCUT2D eigenvalue weighted by atomic mass is 9.97. The van der Waals surface area contributed by atoms with E-state index in [1.807, 2.05) is 36.4 Å². The van der Waals surface area contributed by atoms with Crippen LogP contribution in [0.25, 0.3) is 22.0 Å². The van der Waals surface area contributed by atoms with E-state index in [9.17, 15) is 9.18 Å². The third kappa shape index (κ3) is 3.15. The average molecular weight is 350 g/mol. The van der Waals surface area contributed by atoms with Crippen molar-refractivity contribution < 1.29 is 9.18 Å². The maximum atomic E-state index is 13.5. The summed E-state index contributed by atoms with van der Waals surface area (Å²) in [5.41, 5.74) is 9.75. The second-order valence-corrected chi connectivity index (χ2v) is 6.60. The number of hydrogen-bond donors (Lipinski definition) is 1. The molecule has 0 saturated carbocycles. The molecule has 132 valence electrons. The largest absolute Gasteiger partial charge is 0.368 e. The number of fused-ring (bicyclic) bond motifs is 1. The maximum absolute atomic E-state index is 13.5. The van der Waals surface area contributed by atoms with Crippen molar-refractivity contribution >= 4 is 23.1 Å². The van der Waals surface area contributed by atoms with Crippen LogP contribution in [-0.4, -0.2) is 40.4 Å². The summed E-state index contributed by atoms with van der Waals surface area (Å²) in [6.07, 6.45) is 0.557. The number of nitrogens with zero attached hydrogens (tertiary/aromatic N) is 3. The standard InChI is InChI=1S/C20H19FN4O/c21-15-7-8-25(11-15)10-14-3-1-2-4-16(14)13-5-6-18-17(9-13)19(12-26)24-20(22)23-18/h1-6,9,12,15H,7-8,10-11H2,(H2,22,23,24)/t15-/m0/s1. The van der Waals surface area contributed by atoms with Gasteiger partial charge in [0.2, 0.25) is 5.95 Å². The number of likely N-dealkylation sites (tertiary alicyclic amines) is 1. The Hall–Kier alpha value is -2.86. The molecule has 2 aromatic carbocycles. The zero-order chi connectivity index (χ0) is 18.1. The van der Waals surface area contributed by atoms with Crippen molar-refractivity contribution in [2.45, 2.75) is 19.1 Å². The number of carbonyl (C=O) groups excluding carboxylic acids is 1. The summed E-state index contributed by atoms with van der Waals surface area (Å²) in [4.78, 5) is 21.7. The van der Waals surface area contributed by atoms with E-state index in [0.29, 0.717) is 36.7 Å². The molecular weight excluding hydrogens is 331 g/mol. The molecular formula is C20H19FN4O. The molecule has 1 fully saturated rings. The monoisotopic (exact) mass is 350 g/mol. The van der Waals surface area contributed by atoms with Crippen molar-refractivity contribution in [2.75, 3.05) is 18.8 Å². The Morgan fingerprint density at radius 3 is 2.85 bits per heavy atom. The molecule has 0 aliphatic carbocycles. The van der Waals surface area contributed by atoms with Crippen LogP contribution in [0.4, 0.5) is 10.3 Å². The molecule has 2 N–H and O–H groups in total. The highest BCUT2D eigenvalue weighted by molar-refractivity contribution is 5.97. The molecule has 4 rings (SSSR count). The number of aromatic nitrogens is 2. The van der Waals surface area contributed by atoms with Gasteiger partial charge in [0, 0.05) is 25.0 Å². The number of anilines is 1. The molecule has 3 aromatic rings. The summed E-state index contributed by atoms with van der Waals surface area (Å²) in [5.74, 6) is 0.0857. The SMILES string of the molecule is Nc1nc(C=O)c2cc(-c3ccccc3CN3CC[C@H](F)C3)ccc2n1. The molecule has 1 atom stereocenters. The first-order valence-electron chi connectivity index (χ1n) is 8.61. The number of nitrogen functional groups attached to an aromatic ring is 1. The van der Waals surface area contributed by atoms with Crippen molar-refractivity contribution in [1.82, 2.24) is 14.9 Å². The predicted octanol–water partition coefficient (Wildman–Crippen LogP) is 3.24. The molecule has 0 spiro atoms. The quantitative estimate of drug-likeness (QED) is 0.732. The Labute approximate surface area is 150 Å². The van der Waals surface area contributed by atoms with Crippen molar-refractivity contribution in [1.29, 1.82) is 0 Å². The Balaban J connectivity index is 1.76. The lowest BCUT2D eigenvalue weighted by Gasteiger charge is -2.18. The van der Waals surface area contributed by atoms with Crippen LogP contribution in [0, 0.1) is 0 Å². The predicted molar refractivity (Wildman–Crippen MR) is 99.6 cm³/mol. The number of aldehydes is 1. The van der Waals surface area contributed by atoms with Gasteiger partial charge in [0.25, 0.3) is 0 Å². The molecule has 1 aliphatic rings. The van der Waals surface area contributed by atoms with Crippen molar-refractivity contribution in [3.63, 3.8) is 0 Å². The highest BCUT2D eigenvalue weighted by Crippen LogP contribution is 2.29. The normalized spacial score (nSPS) is 17.7. The van der Waals surface area contributed by atoms with E-state index in [1.54, 1.807) is 0 Å². The lowest BCUT2D eigenvalue weighted by Crippen LogP contribution is -2.20. The second kappa shape index (κ2) is 6.80. The molecule has 2 heterocycles. The molecule has 26 heavy (non-hydrogen) atoms. The van der Waals surface area contributed by atoms with Gasteiger partial charge in [-0.25, -0.2) is 14.4 Å². The van der Waals surface area contributed by atoms with Crippen LogP contribution in [0.15, 0.2) is 42.5 Å². The van der Waals surface area contributed by atoms with E-state index in [4.69, 9.17) is 5.73 Å². The zero-order valence-electron chi connectivity index (χ0n) is 14.2. The van der Waals surface area contributed by atoms with Gasteiger partial charge in [-0.05, 0) is 35.2 Å². The van der Waals surface area contributed by atoms with E-state index in [-0.39, 0.29) is 11.6 Å². The van der Waals surface area contributed by atoms with Crippen molar-refractivity contribution in [3.05, 3.63) is 53.7 Å². The Morgan fingerprint density at radius 1 is 1.23 bits per heavy atom. The van der Waals surface area contributed by atoms with Crippen molar-refractivity contribution in [2.24, 2.45) is 0 Å². The van der Waals surface area contributed by atoms with Crippen LogP contribution in [0.3, 0.4) is 0 Å². The molecule has 1 aliphatic heterocycles. The van der Waals surface area contributed by atoms with Crippen LogP contribution >= 0.6 is 0 Å². The van der Waals surface area contributed by atoms with Gasteiger partial charge in [0.15, 0.2) is 6.29 Å². The molecule has 0 unspecified atom stereocenters. The maximum Gasteiger partial charge on any atom is 0.221 e. The zero-order valence-corrected chi connectivity index (χ0v) is 14.2. The molecule has 1 aromatic heterocycles. The van der Waals surface area contributed by atoms with Gasteiger partial charge in [0.05, 0.1) is 5.52 Å². The summed E-state index contributed by atoms with van der Waals surface area (Å²) in [7, 11) is 0. The van der Waals surface area contributed by atoms with E-state index in [1.165, 1.54) is 0 Å². The smallest absolute Gasteiger partial charge is 0.221 e. The minimum absolute atomic E-state index is 0.0857. The van der Waals surface area contributed by atoms with Crippen LogP contribution in [0.1, 0.15) is 22.5 Å². The summed E-state index contributed by atoms with van der Waals surface area (Å²) in [5, 5.41) is 0.673. The Bertz CT molecular complexity index is 975. The van der Waals surface area contributed by atoms with Crippen LogP contribution in [-0.2, 0) is 6.54 Å². The van der Waals surface area contributed by atoms with Gasteiger partial charge in [-0.1, -0.05) is 30.3 Å². The third-order valence-corrected chi connectivity index (χ3v) is 4.79. The van der Waals surface area contributed by atoms with Gasteiger partial charge in [-0.15, -0.1) is 0 Å². The fourth-order valence-corrected chi connectivity index (χ4v) is 3.54. The Kier molecular flexibility index (Phi) is 4.34. The number of carbonyl (C=O) groups is 1. The van der Waals surface area contributed by atoms with E-state index in [2.05, 4.69) is 20.9 Å². The van der Waals surface area contributed by atoms with Gasteiger partial charge in [0.1, 0.15) is 11.9 Å². The van der Waals surface area contributed by atoms with E-state index < -0.39 is 6.17 Å². The van der Waals surface area contributed by atoms with Crippen molar-refractivity contribution in [3.8, 4) is 11.1 Å². The summed E-state index contributed by atoms with van der Waals surface area (Å²) < 4.78 is 13.5. The number of rotatable bonds is 4. The molecule has 0 amide bonds. The first kappa shape index (κ1) is 16.6. The minimum Gasteiger partial charge on any atom is -0.368 e. The Morgan fingerprint density at radius 2 is 2.08 bits per heavy atom. The highest BCUT2D eigenvalue weighted by Gasteiger charge is 2.22. The van der Waals surface area contributed by atoms with Crippen LogP contribution in [0.2, 0.25) is 0 Å². The number of alkyl halides is 1. The average Bonchev–Trinajstić information content (AvgIpc) is 3.06. The first-order chi connectivity index (χ1) is 12.6. The van der Waals surface area contributed by atoms with Gasteiger partial charge in [-0.2, -0.15) is 0 Å². The van der Waals surface area contributed by atoms with E-state index in [0.717, 1.165) is 23.2 Å². The molecule has 0 radical (unpaired) electrons. The van der Waals surface area contributed by atoms with Gasteiger partial charge >= 0.3 is 0 Å². The summed E-state index contributed by atoms with van der Waals surface area (Å²) in [6.45, 7) is 1.96. The summed E-state index contributed by atoms with van der Waals surface area (Å²) in [6, 6.07) is 13.8. The number of benzene rings is 2. The second-order valence-electron chi connectivity index (χ2n) is 6.60. The third-order valence-electron chi connectivity index (χ3n) is 4.79. The molecule has 0 bridgehead atoms. The molecule has 6 heteroatoms. The molecule has 1 saturated heterocycles. The van der Waals surface area contributed by atoms with Gasteiger partial charge < -0.3 is 5.73 Å². The lowest BCUT2D eigenvalue weighted by molar-refractivity contribution is 0.112. The number of halogens is 1. The number of hydrogen-bond acceptors (Lipinski definition) is 5. The fraction of sp³-hybridized carbons (Fsp3) is 0.250. The van der Waals surface area contributed by atoms with Gasteiger partial charge in [-0.3, -0.25) is 9.69 Å². The molecule has 5 nitrogen and oxygen atoms in total.